The Kier molecular flexibility index (Phi) is 4.58. The number of benzene rings is 1. The lowest BCUT2D eigenvalue weighted by Crippen LogP contribution is -2.29. The monoisotopic (exact) mass is 442 g/mol. The molecule has 166 valence electrons. The molecule has 0 spiro atoms. The first-order valence-electron chi connectivity index (χ1n) is 11.0. The highest BCUT2D eigenvalue weighted by molar-refractivity contribution is 5.85. The molecule has 2 atom stereocenters. The third-order valence-electron chi connectivity index (χ3n) is 6.28. The summed E-state index contributed by atoms with van der Waals surface area (Å²) in [7, 11) is 0. The Balaban J connectivity index is 1.41. The highest BCUT2D eigenvalue weighted by Crippen LogP contribution is 2.31. The number of aryl methyl sites for hydroxylation is 1. The van der Waals surface area contributed by atoms with E-state index in [9.17, 15) is 4.39 Å². The molecule has 1 aliphatic carbocycles. The normalized spacial score (nSPS) is 16.8. The number of nitrogens with one attached hydrogen (secondary N) is 2. The van der Waals surface area contributed by atoms with Crippen LogP contribution in [0.4, 0.5) is 10.3 Å². The predicted octanol–water partition coefficient (Wildman–Crippen LogP) is 3.80. The summed E-state index contributed by atoms with van der Waals surface area (Å²) in [5.74, 6) is 0.494. The van der Waals surface area contributed by atoms with Crippen LogP contribution >= 0.6 is 0 Å². The van der Waals surface area contributed by atoms with E-state index >= 15 is 0 Å². The summed E-state index contributed by atoms with van der Waals surface area (Å²) < 4.78 is 15.5. The van der Waals surface area contributed by atoms with E-state index in [2.05, 4.69) is 43.6 Å². The minimum absolute atomic E-state index is 0.163. The molecule has 9 heteroatoms. The maximum absolute atomic E-state index is 13.9. The first-order chi connectivity index (χ1) is 16.1. The third kappa shape index (κ3) is 3.41. The van der Waals surface area contributed by atoms with Crippen LogP contribution in [-0.4, -0.2) is 35.6 Å². The molecule has 5 aromatic rings. The zero-order chi connectivity index (χ0) is 22.5. The number of fused-ring (bicyclic) bond motifs is 4. The van der Waals surface area contributed by atoms with Crippen molar-refractivity contribution in [2.45, 2.75) is 38.3 Å². The van der Waals surface area contributed by atoms with Gasteiger partial charge in [-0.3, -0.25) is 4.98 Å². The Morgan fingerprint density at radius 2 is 2.09 bits per heavy atom. The highest BCUT2D eigenvalue weighted by Gasteiger charge is 2.24. The molecule has 0 unspecified atom stereocenters. The average molecular weight is 443 g/mol. The highest BCUT2D eigenvalue weighted by atomic mass is 19.1. The average Bonchev–Trinajstić information content (AvgIpc) is 3.41. The topological polar surface area (TPSA) is 110 Å². The van der Waals surface area contributed by atoms with Gasteiger partial charge in [0.1, 0.15) is 5.82 Å². The molecule has 33 heavy (non-hydrogen) atoms. The first kappa shape index (κ1) is 19.8. The number of nitrogens with zero attached hydrogens (tertiary/aromatic N) is 5. The van der Waals surface area contributed by atoms with E-state index < -0.39 is 5.82 Å². The zero-order valence-electron chi connectivity index (χ0n) is 18.1. The van der Waals surface area contributed by atoms with Crippen molar-refractivity contribution < 1.29 is 4.39 Å². The Labute approximate surface area is 189 Å². The molecular weight excluding hydrogens is 419 g/mol. The number of anilines is 1. The second-order valence-corrected chi connectivity index (χ2v) is 8.60. The van der Waals surface area contributed by atoms with Crippen LogP contribution in [0.2, 0.25) is 0 Å². The summed E-state index contributed by atoms with van der Waals surface area (Å²) >= 11 is 0. The van der Waals surface area contributed by atoms with Crippen molar-refractivity contribution in [3.8, 4) is 11.4 Å². The van der Waals surface area contributed by atoms with Gasteiger partial charge in [0, 0.05) is 46.0 Å². The molecule has 0 fully saturated rings. The van der Waals surface area contributed by atoms with E-state index in [0.717, 1.165) is 31.0 Å². The van der Waals surface area contributed by atoms with Crippen molar-refractivity contribution in [2.24, 2.45) is 5.73 Å². The van der Waals surface area contributed by atoms with Crippen molar-refractivity contribution in [1.29, 1.82) is 0 Å². The van der Waals surface area contributed by atoms with Crippen molar-refractivity contribution in [3.63, 3.8) is 0 Å². The van der Waals surface area contributed by atoms with Crippen molar-refractivity contribution in [2.75, 3.05) is 5.32 Å². The Morgan fingerprint density at radius 1 is 1.21 bits per heavy atom. The standard InChI is InChI=1S/C24H23FN8/c1-13(26)19-12-28-33-23(19)31-22(14-8-15(25)11-27-10-14)32-24(33)29-16-6-7-21-18(9-16)17-4-2-3-5-20(17)30-21/h2-5,8,10-13,16,30H,6-7,9,26H2,1H3,(H,29,31,32)/t13-,16-/m0/s1. The third-order valence-corrected chi connectivity index (χ3v) is 6.28. The lowest BCUT2D eigenvalue weighted by atomic mass is 9.91. The smallest absolute Gasteiger partial charge is 0.228 e. The molecule has 4 N–H and O–H groups in total. The molecule has 0 saturated carbocycles. The van der Waals surface area contributed by atoms with Crippen LogP contribution in [0.5, 0.6) is 0 Å². The van der Waals surface area contributed by atoms with Gasteiger partial charge >= 0.3 is 0 Å². The second kappa shape index (κ2) is 7.63. The van der Waals surface area contributed by atoms with Gasteiger partial charge in [0.05, 0.1) is 12.4 Å². The number of nitrogens with two attached hydrogens (primary N) is 1. The molecule has 8 nitrogen and oxygen atoms in total. The van der Waals surface area contributed by atoms with Crippen LogP contribution in [0.15, 0.2) is 48.9 Å². The summed E-state index contributed by atoms with van der Waals surface area (Å²) in [5.41, 5.74) is 11.9. The zero-order valence-corrected chi connectivity index (χ0v) is 18.1. The summed E-state index contributed by atoms with van der Waals surface area (Å²) in [6, 6.07) is 9.68. The van der Waals surface area contributed by atoms with E-state index in [1.165, 1.54) is 28.2 Å². The maximum atomic E-state index is 13.9. The fourth-order valence-electron chi connectivity index (χ4n) is 4.65. The van der Waals surface area contributed by atoms with Gasteiger partial charge < -0.3 is 16.0 Å². The van der Waals surface area contributed by atoms with Gasteiger partial charge in [0.2, 0.25) is 5.95 Å². The van der Waals surface area contributed by atoms with Gasteiger partial charge in [0.15, 0.2) is 11.5 Å². The first-order valence-corrected chi connectivity index (χ1v) is 11.0. The quantitative estimate of drug-likeness (QED) is 0.391. The number of rotatable bonds is 4. The summed E-state index contributed by atoms with van der Waals surface area (Å²) in [6.45, 7) is 1.88. The number of para-hydroxylation sites is 1. The maximum Gasteiger partial charge on any atom is 0.228 e. The van der Waals surface area contributed by atoms with E-state index in [1.54, 1.807) is 16.9 Å². The number of aromatic amines is 1. The van der Waals surface area contributed by atoms with Crippen LogP contribution in [0, 0.1) is 5.82 Å². The second-order valence-electron chi connectivity index (χ2n) is 8.60. The summed E-state index contributed by atoms with van der Waals surface area (Å²) in [5, 5.41) is 9.33. The van der Waals surface area contributed by atoms with Gasteiger partial charge in [-0.25, -0.2) is 9.37 Å². The molecule has 0 aliphatic heterocycles. The summed E-state index contributed by atoms with van der Waals surface area (Å²) in [6.07, 6.45) is 7.19. The Bertz CT molecular complexity index is 1480. The Morgan fingerprint density at radius 3 is 2.94 bits per heavy atom. The number of H-pyrrole nitrogens is 1. The molecule has 1 aliphatic rings. The van der Waals surface area contributed by atoms with Gasteiger partial charge in [-0.2, -0.15) is 14.6 Å². The fraction of sp³-hybridized carbons (Fsp3) is 0.250. The van der Waals surface area contributed by atoms with E-state index in [4.69, 9.17) is 10.7 Å². The number of hydrogen-bond acceptors (Lipinski definition) is 6. The van der Waals surface area contributed by atoms with E-state index in [-0.39, 0.29) is 12.1 Å². The van der Waals surface area contributed by atoms with Crippen molar-refractivity contribution in [1.82, 2.24) is 29.5 Å². The molecule has 0 amide bonds. The minimum Gasteiger partial charge on any atom is -0.358 e. The van der Waals surface area contributed by atoms with Crippen molar-refractivity contribution in [3.05, 3.63) is 71.6 Å². The lowest BCUT2D eigenvalue weighted by Gasteiger charge is -2.24. The van der Waals surface area contributed by atoms with Crippen LogP contribution in [0.25, 0.3) is 27.9 Å². The summed E-state index contributed by atoms with van der Waals surface area (Å²) in [4.78, 5) is 16.9. The van der Waals surface area contributed by atoms with Crippen LogP contribution < -0.4 is 11.1 Å². The molecule has 4 aromatic heterocycles. The van der Waals surface area contributed by atoms with Crippen LogP contribution in [0.1, 0.15) is 36.2 Å². The molecule has 0 bridgehead atoms. The number of halogens is 1. The predicted molar refractivity (Wildman–Crippen MR) is 124 cm³/mol. The minimum atomic E-state index is -0.439. The molecule has 4 heterocycles. The van der Waals surface area contributed by atoms with Gasteiger partial charge in [0.25, 0.3) is 0 Å². The largest absolute Gasteiger partial charge is 0.358 e. The van der Waals surface area contributed by atoms with Crippen molar-refractivity contribution >= 4 is 22.5 Å². The number of hydrogen-bond donors (Lipinski definition) is 3. The SMILES string of the molecule is C[C@H](N)c1cnn2c(N[C@H]3CCc4[nH]c5ccccc5c4C3)nc(-c3cncc(F)c3)nc12. The molecule has 0 saturated heterocycles. The van der Waals surface area contributed by atoms with E-state index in [0.29, 0.717) is 23.0 Å². The molecule has 0 radical (unpaired) electrons. The molecule has 1 aromatic carbocycles. The number of aromatic nitrogens is 6. The lowest BCUT2D eigenvalue weighted by molar-refractivity contribution is 0.599. The van der Waals surface area contributed by atoms with E-state index in [1.807, 2.05) is 13.0 Å². The molecule has 6 rings (SSSR count). The van der Waals surface area contributed by atoms with Gasteiger partial charge in [-0.1, -0.05) is 18.2 Å². The van der Waals surface area contributed by atoms with Crippen LogP contribution in [0.3, 0.4) is 0 Å². The number of pyridine rings is 1. The molecular formula is C24H23FN8. The van der Waals surface area contributed by atoms with Gasteiger partial charge in [-0.05, 0) is 43.9 Å². The van der Waals surface area contributed by atoms with Gasteiger partial charge in [-0.15, -0.1) is 0 Å². The van der Waals surface area contributed by atoms with Crippen LogP contribution in [-0.2, 0) is 12.8 Å². The Hall–Kier alpha value is -3.85. The fourth-order valence-corrected chi connectivity index (χ4v) is 4.65.